The van der Waals surface area contributed by atoms with Crippen LogP contribution in [0.5, 0.6) is 0 Å². The normalized spacial score (nSPS) is 12.6. The first-order valence-corrected chi connectivity index (χ1v) is 8.98. The first-order valence-electron chi connectivity index (χ1n) is 8.98. The van der Waals surface area contributed by atoms with Gasteiger partial charge in [-0.05, 0) is 24.6 Å². The van der Waals surface area contributed by atoms with Crippen molar-refractivity contribution in [1.82, 2.24) is 34.7 Å². The van der Waals surface area contributed by atoms with Gasteiger partial charge < -0.3 is 4.57 Å². The van der Waals surface area contributed by atoms with Crippen molar-refractivity contribution in [3.8, 4) is 11.3 Å². The van der Waals surface area contributed by atoms with Crippen LogP contribution in [0.2, 0.25) is 0 Å². The van der Waals surface area contributed by atoms with Crippen molar-refractivity contribution in [3.63, 3.8) is 0 Å². The topological polar surface area (TPSA) is 85.2 Å². The third-order valence-corrected chi connectivity index (χ3v) is 4.91. The Morgan fingerprint density at radius 2 is 2.07 bits per heavy atom. The average molecular weight is 373 g/mol. The second kappa shape index (κ2) is 6.49. The third kappa shape index (κ3) is 2.53. The van der Waals surface area contributed by atoms with Gasteiger partial charge in [0, 0.05) is 28.9 Å². The summed E-state index contributed by atoms with van der Waals surface area (Å²) < 4.78 is 17.2. The van der Waals surface area contributed by atoms with Crippen LogP contribution >= 0.6 is 0 Å². The minimum Gasteiger partial charge on any atom is -0.306 e. The lowest BCUT2D eigenvalue weighted by atomic mass is 10.0. The van der Waals surface area contributed by atoms with Gasteiger partial charge in [0.1, 0.15) is 5.82 Å². The lowest BCUT2D eigenvalue weighted by molar-refractivity contribution is 0.531. The SMILES string of the molecule is CCC(c1ccc2ncccc2c1F)n1cnc2ncc(-c3cn[nH]c3)nc21. The smallest absolute Gasteiger partial charge is 0.197 e. The van der Waals surface area contributed by atoms with Crippen molar-refractivity contribution in [2.24, 2.45) is 0 Å². The standard InChI is InChI=1S/C20H16FN7/c1-2-17(14-5-6-15-13(18(14)21)4-3-7-22-15)28-11-24-19-20(28)27-16(10-23-19)12-8-25-26-9-12/h3-11,17H,2H2,1H3,(H,25,26). The molecule has 0 aliphatic rings. The summed E-state index contributed by atoms with van der Waals surface area (Å²) in [4.78, 5) is 17.7. The zero-order valence-electron chi connectivity index (χ0n) is 15.0. The highest BCUT2D eigenvalue weighted by molar-refractivity contribution is 5.80. The van der Waals surface area contributed by atoms with E-state index in [0.29, 0.717) is 39.9 Å². The van der Waals surface area contributed by atoms with E-state index in [9.17, 15) is 0 Å². The number of aromatic nitrogens is 7. The van der Waals surface area contributed by atoms with E-state index >= 15 is 4.39 Å². The van der Waals surface area contributed by atoms with Gasteiger partial charge in [-0.15, -0.1) is 0 Å². The molecule has 1 aromatic carbocycles. The van der Waals surface area contributed by atoms with E-state index in [0.717, 1.165) is 5.56 Å². The summed E-state index contributed by atoms with van der Waals surface area (Å²) in [5.41, 5.74) is 3.86. The Morgan fingerprint density at radius 3 is 2.89 bits per heavy atom. The average Bonchev–Trinajstić information content (AvgIpc) is 3.40. The summed E-state index contributed by atoms with van der Waals surface area (Å²) in [5, 5.41) is 7.24. The van der Waals surface area contributed by atoms with E-state index in [1.807, 2.05) is 17.6 Å². The molecule has 0 saturated carbocycles. The third-order valence-electron chi connectivity index (χ3n) is 4.91. The molecule has 1 atom stereocenters. The number of nitrogens with one attached hydrogen (secondary N) is 1. The van der Waals surface area contributed by atoms with Crippen LogP contribution in [0.25, 0.3) is 33.5 Å². The number of halogens is 1. The first-order chi connectivity index (χ1) is 13.8. The molecule has 0 radical (unpaired) electrons. The van der Waals surface area contributed by atoms with Crippen molar-refractivity contribution >= 4 is 22.2 Å². The minimum absolute atomic E-state index is 0.261. The number of benzene rings is 1. The van der Waals surface area contributed by atoms with E-state index in [2.05, 4.69) is 25.1 Å². The van der Waals surface area contributed by atoms with Crippen LogP contribution in [-0.2, 0) is 0 Å². The quantitative estimate of drug-likeness (QED) is 0.516. The fourth-order valence-electron chi connectivity index (χ4n) is 3.52. The number of hydrogen-bond acceptors (Lipinski definition) is 5. The van der Waals surface area contributed by atoms with Crippen LogP contribution in [-0.4, -0.2) is 34.7 Å². The number of nitrogens with zero attached hydrogens (tertiary/aromatic N) is 6. The van der Waals surface area contributed by atoms with Gasteiger partial charge in [-0.1, -0.05) is 13.0 Å². The van der Waals surface area contributed by atoms with Crippen molar-refractivity contribution < 1.29 is 4.39 Å². The molecule has 0 saturated heterocycles. The first kappa shape index (κ1) is 16.5. The summed E-state index contributed by atoms with van der Waals surface area (Å²) in [5.74, 6) is -0.266. The fourth-order valence-corrected chi connectivity index (χ4v) is 3.52. The van der Waals surface area contributed by atoms with E-state index in [1.165, 1.54) is 0 Å². The fraction of sp³-hybridized carbons (Fsp3) is 0.150. The van der Waals surface area contributed by atoms with Gasteiger partial charge in [0.2, 0.25) is 0 Å². The number of pyridine rings is 1. The van der Waals surface area contributed by atoms with Gasteiger partial charge in [-0.3, -0.25) is 10.1 Å². The van der Waals surface area contributed by atoms with Crippen LogP contribution in [0, 0.1) is 5.82 Å². The van der Waals surface area contributed by atoms with E-state index in [-0.39, 0.29) is 11.9 Å². The highest BCUT2D eigenvalue weighted by atomic mass is 19.1. The van der Waals surface area contributed by atoms with Gasteiger partial charge in [0.05, 0.1) is 36.0 Å². The molecule has 5 rings (SSSR count). The summed E-state index contributed by atoms with van der Waals surface area (Å²) in [6.45, 7) is 2.01. The second-order valence-electron chi connectivity index (χ2n) is 6.50. The predicted octanol–water partition coefficient (Wildman–Crippen LogP) is 3.90. The van der Waals surface area contributed by atoms with Gasteiger partial charge in [0.15, 0.2) is 11.3 Å². The van der Waals surface area contributed by atoms with E-state index < -0.39 is 0 Å². The highest BCUT2D eigenvalue weighted by Crippen LogP contribution is 2.31. The molecular weight excluding hydrogens is 357 g/mol. The predicted molar refractivity (Wildman–Crippen MR) is 103 cm³/mol. The van der Waals surface area contributed by atoms with Crippen LogP contribution in [0.1, 0.15) is 24.9 Å². The molecule has 0 aliphatic heterocycles. The van der Waals surface area contributed by atoms with Crippen molar-refractivity contribution in [3.05, 3.63) is 66.8 Å². The molecule has 7 nitrogen and oxygen atoms in total. The molecule has 1 unspecified atom stereocenters. The summed E-state index contributed by atoms with van der Waals surface area (Å²) in [7, 11) is 0. The minimum atomic E-state index is -0.266. The number of aromatic amines is 1. The maximum absolute atomic E-state index is 15.3. The van der Waals surface area contributed by atoms with Gasteiger partial charge >= 0.3 is 0 Å². The van der Waals surface area contributed by atoms with E-state index in [4.69, 9.17) is 4.98 Å². The van der Waals surface area contributed by atoms with Gasteiger partial charge in [-0.2, -0.15) is 5.10 Å². The Morgan fingerprint density at radius 1 is 1.14 bits per heavy atom. The lowest BCUT2D eigenvalue weighted by Gasteiger charge is -2.19. The Bertz CT molecular complexity index is 1280. The molecule has 0 fully saturated rings. The molecule has 4 aromatic heterocycles. The van der Waals surface area contributed by atoms with Gasteiger partial charge in [-0.25, -0.2) is 19.3 Å². The van der Waals surface area contributed by atoms with Crippen LogP contribution in [0.15, 0.2) is 55.4 Å². The molecule has 1 N–H and O–H groups in total. The zero-order chi connectivity index (χ0) is 19.1. The van der Waals surface area contributed by atoms with Crippen LogP contribution in [0.4, 0.5) is 4.39 Å². The molecule has 0 amide bonds. The molecule has 5 aromatic rings. The highest BCUT2D eigenvalue weighted by Gasteiger charge is 2.21. The molecule has 4 heterocycles. The molecule has 138 valence electrons. The Kier molecular flexibility index (Phi) is 3.82. The summed E-state index contributed by atoms with van der Waals surface area (Å²) >= 11 is 0. The zero-order valence-corrected chi connectivity index (χ0v) is 15.0. The number of imidazole rings is 1. The van der Waals surface area contributed by atoms with Crippen molar-refractivity contribution in [2.75, 3.05) is 0 Å². The summed E-state index contributed by atoms with van der Waals surface area (Å²) in [6, 6.07) is 6.86. The lowest BCUT2D eigenvalue weighted by Crippen LogP contribution is -2.12. The van der Waals surface area contributed by atoms with Crippen LogP contribution in [0.3, 0.4) is 0 Å². The molecule has 0 bridgehead atoms. The Balaban J connectivity index is 1.67. The molecular formula is C20H16FN7. The van der Waals surface area contributed by atoms with Gasteiger partial charge in [0.25, 0.3) is 0 Å². The molecule has 0 spiro atoms. The number of hydrogen-bond donors (Lipinski definition) is 1. The Labute approximate surface area is 159 Å². The second-order valence-corrected chi connectivity index (χ2v) is 6.50. The van der Waals surface area contributed by atoms with E-state index in [1.54, 1.807) is 49.3 Å². The van der Waals surface area contributed by atoms with Crippen LogP contribution < -0.4 is 0 Å². The maximum atomic E-state index is 15.3. The largest absolute Gasteiger partial charge is 0.306 e. The summed E-state index contributed by atoms with van der Waals surface area (Å²) in [6.07, 6.45) is 9.10. The number of rotatable bonds is 4. The monoisotopic (exact) mass is 373 g/mol. The molecule has 28 heavy (non-hydrogen) atoms. The van der Waals surface area contributed by atoms with Crippen molar-refractivity contribution in [2.45, 2.75) is 19.4 Å². The molecule has 8 heteroatoms. The number of H-pyrrole nitrogens is 1. The molecule has 0 aliphatic carbocycles. The number of fused-ring (bicyclic) bond motifs is 2. The maximum Gasteiger partial charge on any atom is 0.197 e. The Hall–Kier alpha value is -3.68. The van der Waals surface area contributed by atoms with Crippen molar-refractivity contribution in [1.29, 1.82) is 0 Å².